The van der Waals surface area contributed by atoms with Crippen molar-refractivity contribution in [1.29, 1.82) is 0 Å². The van der Waals surface area contributed by atoms with Crippen molar-refractivity contribution in [3.05, 3.63) is 29.3 Å². The Bertz CT molecular complexity index is 390. The SMILES string of the molecule is COc1cc(F)c(C(Cl)CCC(C)(C)C)c(F)c1. The minimum absolute atomic E-state index is 0.0679. The number of ether oxygens (including phenoxy) is 1. The van der Waals surface area contributed by atoms with Crippen LogP contribution in [-0.4, -0.2) is 7.11 Å². The van der Waals surface area contributed by atoms with E-state index in [0.717, 1.165) is 18.6 Å². The van der Waals surface area contributed by atoms with Crippen LogP contribution >= 0.6 is 11.6 Å². The van der Waals surface area contributed by atoms with Gasteiger partial charge in [0.15, 0.2) is 0 Å². The first kappa shape index (κ1) is 15.2. The Morgan fingerprint density at radius 1 is 1.22 bits per heavy atom. The number of hydrogen-bond donors (Lipinski definition) is 0. The molecule has 0 saturated carbocycles. The minimum atomic E-state index is -0.657. The number of alkyl halides is 1. The fraction of sp³-hybridized carbons (Fsp3) is 0.571. The Hall–Kier alpha value is -0.830. The van der Waals surface area contributed by atoms with Crippen molar-refractivity contribution >= 4 is 11.6 Å². The molecule has 0 aliphatic heterocycles. The summed E-state index contributed by atoms with van der Waals surface area (Å²) >= 11 is 6.10. The van der Waals surface area contributed by atoms with Crippen LogP contribution in [0, 0.1) is 17.0 Å². The predicted molar refractivity (Wildman–Crippen MR) is 70.2 cm³/mol. The molecule has 0 heterocycles. The van der Waals surface area contributed by atoms with Crippen LogP contribution in [0.4, 0.5) is 8.78 Å². The van der Waals surface area contributed by atoms with Gasteiger partial charge in [-0.15, -0.1) is 11.6 Å². The van der Waals surface area contributed by atoms with Crippen LogP contribution in [0.5, 0.6) is 5.75 Å². The fourth-order valence-corrected chi connectivity index (χ4v) is 2.00. The molecule has 1 aromatic carbocycles. The topological polar surface area (TPSA) is 9.23 Å². The van der Waals surface area contributed by atoms with E-state index in [1.165, 1.54) is 7.11 Å². The van der Waals surface area contributed by atoms with E-state index in [1.807, 2.05) is 0 Å². The third-order valence-electron chi connectivity index (χ3n) is 2.75. The Kier molecular flexibility index (Phi) is 4.97. The highest BCUT2D eigenvalue weighted by atomic mass is 35.5. The quantitative estimate of drug-likeness (QED) is 0.697. The molecule has 0 bridgehead atoms. The zero-order valence-electron chi connectivity index (χ0n) is 11.2. The van der Waals surface area contributed by atoms with Crippen LogP contribution < -0.4 is 4.74 Å². The lowest BCUT2D eigenvalue weighted by Crippen LogP contribution is -2.08. The molecule has 0 N–H and O–H groups in total. The largest absolute Gasteiger partial charge is 0.497 e. The van der Waals surface area contributed by atoms with Crippen LogP contribution in [0.15, 0.2) is 12.1 Å². The third kappa shape index (κ3) is 4.13. The summed E-state index contributed by atoms with van der Waals surface area (Å²) in [6.45, 7) is 6.20. The normalized spacial score (nSPS) is 13.5. The first-order chi connectivity index (χ1) is 8.24. The lowest BCUT2D eigenvalue weighted by molar-refractivity contribution is 0.359. The Morgan fingerprint density at radius 2 is 1.72 bits per heavy atom. The predicted octanol–water partition coefficient (Wildman–Crippen LogP) is 5.08. The zero-order chi connectivity index (χ0) is 13.9. The van der Waals surface area contributed by atoms with E-state index < -0.39 is 17.0 Å². The second kappa shape index (κ2) is 5.87. The van der Waals surface area contributed by atoms with Gasteiger partial charge in [-0.2, -0.15) is 0 Å². The van der Waals surface area contributed by atoms with Gasteiger partial charge in [-0.3, -0.25) is 0 Å². The van der Waals surface area contributed by atoms with Crippen molar-refractivity contribution in [3.63, 3.8) is 0 Å². The van der Waals surface area contributed by atoms with Crippen LogP contribution in [0.25, 0.3) is 0 Å². The molecule has 1 aromatic rings. The van der Waals surface area contributed by atoms with E-state index in [9.17, 15) is 8.78 Å². The summed E-state index contributed by atoms with van der Waals surface area (Å²) in [5.74, 6) is -1.14. The van der Waals surface area contributed by atoms with Crippen LogP contribution in [0.3, 0.4) is 0 Å². The van der Waals surface area contributed by atoms with Crippen molar-refractivity contribution in [2.24, 2.45) is 5.41 Å². The highest BCUT2D eigenvalue weighted by Gasteiger charge is 2.21. The smallest absolute Gasteiger partial charge is 0.134 e. The van der Waals surface area contributed by atoms with E-state index in [-0.39, 0.29) is 16.7 Å². The van der Waals surface area contributed by atoms with Gasteiger partial charge in [-0.05, 0) is 18.3 Å². The summed E-state index contributed by atoms with van der Waals surface area (Å²) in [6, 6.07) is 2.32. The van der Waals surface area contributed by atoms with Crippen LogP contribution in [-0.2, 0) is 0 Å². The van der Waals surface area contributed by atoms with Crippen LogP contribution in [0.1, 0.15) is 44.6 Å². The first-order valence-corrected chi connectivity index (χ1v) is 6.35. The second-order valence-corrected chi connectivity index (χ2v) is 6.10. The number of benzene rings is 1. The molecular formula is C14H19ClF2O. The van der Waals surface area contributed by atoms with Gasteiger partial charge in [0.2, 0.25) is 0 Å². The molecule has 0 aromatic heterocycles. The summed E-state index contributed by atoms with van der Waals surface area (Å²) in [5, 5.41) is -0.657. The van der Waals surface area contributed by atoms with Gasteiger partial charge in [0.25, 0.3) is 0 Å². The maximum Gasteiger partial charge on any atom is 0.134 e. The van der Waals surface area contributed by atoms with E-state index in [0.29, 0.717) is 6.42 Å². The van der Waals surface area contributed by atoms with E-state index >= 15 is 0 Å². The summed E-state index contributed by atoms with van der Waals surface area (Å²) in [5.41, 5.74) is 0.0220. The zero-order valence-corrected chi connectivity index (χ0v) is 11.9. The average Bonchev–Trinajstić information content (AvgIpc) is 2.24. The third-order valence-corrected chi connectivity index (χ3v) is 3.19. The van der Waals surface area contributed by atoms with Crippen molar-refractivity contribution in [3.8, 4) is 5.75 Å². The number of methoxy groups -OCH3 is 1. The monoisotopic (exact) mass is 276 g/mol. The average molecular weight is 277 g/mol. The summed E-state index contributed by atoms with van der Waals surface area (Å²) in [7, 11) is 1.37. The summed E-state index contributed by atoms with van der Waals surface area (Å²) in [4.78, 5) is 0. The molecule has 1 nitrogen and oxygen atoms in total. The Balaban J connectivity index is 2.89. The van der Waals surface area contributed by atoms with Crippen molar-refractivity contribution in [1.82, 2.24) is 0 Å². The summed E-state index contributed by atoms with van der Waals surface area (Å²) in [6.07, 6.45) is 1.33. The van der Waals surface area contributed by atoms with Gasteiger partial charge < -0.3 is 4.74 Å². The molecular weight excluding hydrogens is 258 g/mol. The van der Waals surface area contributed by atoms with E-state index in [1.54, 1.807) is 0 Å². The number of hydrogen-bond acceptors (Lipinski definition) is 1. The maximum atomic E-state index is 13.8. The van der Waals surface area contributed by atoms with Gasteiger partial charge >= 0.3 is 0 Å². The van der Waals surface area contributed by atoms with Crippen molar-refractivity contribution < 1.29 is 13.5 Å². The van der Waals surface area contributed by atoms with E-state index in [2.05, 4.69) is 20.8 Å². The molecule has 0 radical (unpaired) electrons. The molecule has 0 amide bonds. The first-order valence-electron chi connectivity index (χ1n) is 5.91. The minimum Gasteiger partial charge on any atom is -0.497 e. The van der Waals surface area contributed by atoms with Crippen LogP contribution in [0.2, 0.25) is 0 Å². The van der Waals surface area contributed by atoms with Gasteiger partial charge in [0.05, 0.1) is 12.5 Å². The Morgan fingerprint density at radius 3 is 2.11 bits per heavy atom. The van der Waals surface area contributed by atoms with Gasteiger partial charge in [0, 0.05) is 17.7 Å². The molecule has 0 aliphatic carbocycles. The van der Waals surface area contributed by atoms with Gasteiger partial charge in [-0.1, -0.05) is 20.8 Å². The number of rotatable bonds is 4. The molecule has 0 saturated heterocycles. The molecule has 0 fully saturated rings. The highest BCUT2D eigenvalue weighted by molar-refractivity contribution is 6.20. The lowest BCUT2D eigenvalue weighted by atomic mass is 9.88. The fourth-order valence-electron chi connectivity index (χ4n) is 1.68. The molecule has 0 spiro atoms. The standard InChI is InChI=1S/C14H19ClF2O/c1-14(2,3)6-5-10(15)13-11(16)7-9(18-4)8-12(13)17/h7-8,10H,5-6H2,1-4H3. The molecule has 1 rings (SSSR count). The van der Waals surface area contributed by atoms with Gasteiger partial charge in [0.1, 0.15) is 17.4 Å². The molecule has 18 heavy (non-hydrogen) atoms. The Labute approximate surface area is 112 Å². The molecule has 102 valence electrons. The molecule has 0 aliphatic rings. The van der Waals surface area contributed by atoms with Crippen molar-refractivity contribution in [2.75, 3.05) is 7.11 Å². The summed E-state index contributed by atoms with van der Waals surface area (Å²) < 4.78 is 32.3. The maximum absolute atomic E-state index is 13.8. The van der Waals surface area contributed by atoms with Crippen molar-refractivity contribution in [2.45, 2.75) is 39.0 Å². The molecule has 1 unspecified atom stereocenters. The number of halogens is 3. The van der Waals surface area contributed by atoms with E-state index in [4.69, 9.17) is 16.3 Å². The molecule has 1 atom stereocenters. The second-order valence-electron chi connectivity index (χ2n) is 5.57. The highest BCUT2D eigenvalue weighted by Crippen LogP contribution is 2.35. The molecule has 4 heteroatoms. The lowest BCUT2D eigenvalue weighted by Gasteiger charge is -2.20. The van der Waals surface area contributed by atoms with Gasteiger partial charge in [-0.25, -0.2) is 8.78 Å².